The van der Waals surface area contributed by atoms with Gasteiger partial charge in [0, 0.05) is 20.4 Å². The largest absolute Gasteiger partial charge is 0.493 e. The molecule has 1 aromatic carbocycles. The minimum absolute atomic E-state index is 0.00463. The molecule has 0 saturated carbocycles. The number of carboxylic acid groups (broad SMARTS) is 1. The number of carboxylic acids is 1. The van der Waals surface area contributed by atoms with Crippen molar-refractivity contribution in [3.8, 4) is 5.75 Å². The second-order valence-electron chi connectivity index (χ2n) is 5.05. The van der Waals surface area contributed by atoms with Gasteiger partial charge < -0.3 is 15.2 Å². The van der Waals surface area contributed by atoms with Crippen molar-refractivity contribution in [1.29, 1.82) is 0 Å². The highest BCUT2D eigenvalue weighted by Crippen LogP contribution is 2.14. The monoisotopic (exact) mass is 295 g/mol. The summed E-state index contributed by atoms with van der Waals surface area (Å²) in [4.78, 5) is 20.1. The predicted molar refractivity (Wildman–Crippen MR) is 82.5 cm³/mol. The lowest BCUT2D eigenvalue weighted by Gasteiger charge is -2.08. The van der Waals surface area contributed by atoms with Gasteiger partial charge in [0.25, 0.3) is 0 Å². The van der Waals surface area contributed by atoms with Crippen LogP contribution in [0.15, 0.2) is 24.3 Å². The minimum Gasteiger partial charge on any atom is -0.493 e. The molecular formula is C16H25NO4. The summed E-state index contributed by atoms with van der Waals surface area (Å²) >= 11 is 0. The van der Waals surface area contributed by atoms with Crippen molar-refractivity contribution < 1.29 is 19.4 Å². The van der Waals surface area contributed by atoms with Gasteiger partial charge in [0.15, 0.2) is 0 Å². The van der Waals surface area contributed by atoms with Gasteiger partial charge in [0.1, 0.15) is 5.75 Å². The van der Waals surface area contributed by atoms with E-state index in [0.29, 0.717) is 18.9 Å². The van der Waals surface area contributed by atoms with Gasteiger partial charge in [0.05, 0.1) is 6.61 Å². The Balaban J connectivity index is 0.000000690. The molecule has 0 aromatic heterocycles. The van der Waals surface area contributed by atoms with E-state index < -0.39 is 5.97 Å². The molecule has 2 N–H and O–H groups in total. The van der Waals surface area contributed by atoms with E-state index in [1.807, 2.05) is 24.3 Å². The number of rotatable bonds is 6. The zero-order valence-electron chi connectivity index (χ0n) is 13.2. The summed E-state index contributed by atoms with van der Waals surface area (Å²) < 4.78 is 5.53. The summed E-state index contributed by atoms with van der Waals surface area (Å²) in [6, 6.07) is 7.61. The number of aryl methyl sites for hydroxylation is 1. The maximum atomic E-state index is 10.4. The van der Waals surface area contributed by atoms with Gasteiger partial charge in [-0.2, -0.15) is 0 Å². The Morgan fingerprint density at radius 2 is 1.76 bits per heavy atom. The average Bonchev–Trinajstić information content (AvgIpc) is 2.44. The Bertz CT molecular complexity index is 426. The molecule has 0 atom stereocenters. The molecule has 0 aliphatic rings. The molecular weight excluding hydrogens is 270 g/mol. The first-order valence-electron chi connectivity index (χ1n) is 6.97. The number of amides is 1. The molecule has 1 rings (SSSR count). The Morgan fingerprint density at radius 1 is 1.24 bits per heavy atom. The zero-order chi connectivity index (χ0) is 16.3. The van der Waals surface area contributed by atoms with Crippen LogP contribution in [0.5, 0.6) is 5.75 Å². The van der Waals surface area contributed by atoms with E-state index in [0.717, 1.165) is 11.3 Å². The fourth-order valence-corrected chi connectivity index (χ4v) is 1.27. The van der Waals surface area contributed by atoms with E-state index in [9.17, 15) is 9.59 Å². The Labute approximate surface area is 126 Å². The molecule has 0 spiro atoms. The lowest BCUT2D eigenvalue weighted by atomic mass is 10.1. The molecule has 5 nitrogen and oxygen atoms in total. The van der Waals surface area contributed by atoms with Crippen LogP contribution in [-0.4, -0.2) is 30.6 Å². The SMILES string of the molecule is CC(C)COc1ccc(CCC(=O)O)cc1.CNC(C)=O. The summed E-state index contributed by atoms with van der Waals surface area (Å²) in [6.45, 7) is 6.37. The predicted octanol–water partition coefficient (Wildman–Crippen LogP) is 2.49. The first-order chi connectivity index (χ1) is 9.85. The van der Waals surface area contributed by atoms with Gasteiger partial charge in [0.2, 0.25) is 5.91 Å². The summed E-state index contributed by atoms with van der Waals surface area (Å²) in [5.41, 5.74) is 1.03. The van der Waals surface area contributed by atoms with Gasteiger partial charge in [-0.25, -0.2) is 0 Å². The zero-order valence-corrected chi connectivity index (χ0v) is 13.2. The van der Waals surface area contributed by atoms with Crippen molar-refractivity contribution in [1.82, 2.24) is 5.32 Å². The molecule has 1 aromatic rings. The lowest BCUT2D eigenvalue weighted by molar-refractivity contribution is -0.137. The fraction of sp³-hybridized carbons (Fsp3) is 0.500. The van der Waals surface area contributed by atoms with Crippen LogP contribution in [0.3, 0.4) is 0 Å². The molecule has 1 amide bonds. The summed E-state index contributed by atoms with van der Waals surface area (Å²) in [5, 5.41) is 10.9. The van der Waals surface area contributed by atoms with E-state index >= 15 is 0 Å². The highest BCUT2D eigenvalue weighted by molar-refractivity contribution is 5.72. The van der Waals surface area contributed by atoms with E-state index in [2.05, 4.69) is 19.2 Å². The highest BCUT2D eigenvalue weighted by Gasteiger charge is 2.00. The molecule has 21 heavy (non-hydrogen) atoms. The Kier molecular flexibility index (Phi) is 9.67. The van der Waals surface area contributed by atoms with Crippen molar-refractivity contribution in [2.75, 3.05) is 13.7 Å². The molecule has 0 unspecified atom stereocenters. The quantitative estimate of drug-likeness (QED) is 0.845. The molecule has 0 saturated heterocycles. The molecule has 5 heteroatoms. The number of ether oxygens (including phenoxy) is 1. The van der Waals surface area contributed by atoms with Gasteiger partial charge in [-0.05, 0) is 30.0 Å². The molecule has 0 radical (unpaired) electrons. The molecule has 0 aliphatic heterocycles. The van der Waals surface area contributed by atoms with E-state index in [1.165, 1.54) is 6.92 Å². The van der Waals surface area contributed by atoms with E-state index in [1.54, 1.807) is 7.05 Å². The van der Waals surface area contributed by atoms with E-state index in [4.69, 9.17) is 9.84 Å². The van der Waals surface area contributed by atoms with Crippen molar-refractivity contribution in [3.05, 3.63) is 29.8 Å². The summed E-state index contributed by atoms with van der Waals surface area (Å²) in [6.07, 6.45) is 0.742. The number of nitrogens with one attached hydrogen (secondary N) is 1. The molecule has 0 fully saturated rings. The number of carbonyl (C=O) groups excluding carboxylic acids is 1. The van der Waals surface area contributed by atoms with Crippen molar-refractivity contribution >= 4 is 11.9 Å². The number of hydrogen-bond acceptors (Lipinski definition) is 3. The minimum atomic E-state index is -0.764. The number of hydrogen-bond donors (Lipinski definition) is 2. The topological polar surface area (TPSA) is 75.6 Å². The molecule has 0 bridgehead atoms. The van der Waals surface area contributed by atoms with Crippen LogP contribution in [-0.2, 0) is 16.0 Å². The van der Waals surface area contributed by atoms with Crippen molar-refractivity contribution in [2.24, 2.45) is 5.92 Å². The average molecular weight is 295 g/mol. The number of benzene rings is 1. The fourth-order valence-electron chi connectivity index (χ4n) is 1.27. The molecule has 0 aliphatic carbocycles. The van der Waals surface area contributed by atoms with Crippen LogP contribution >= 0.6 is 0 Å². The highest BCUT2D eigenvalue weighted by atomic mass is 16.5. The van der Waals surface area contributed by atoms with E-state index in [-0.39, 0.29) is 12.3 Å². The number of aliphatic carboxylic acids is 1. The third-order valence-electron chi connectivity index (χ3n) is 2.49. The van der Waals surface area contributed by atoms with Crippen LogP contribution in [0, 0.1) is 5.92 Å². The Hall–Kier alpha value is -2.04. The van der Waals surface area contributed by atoms with Crippen LogP contribution < -0.4 is 10.1 Å². The van der Waals surface area contributed by atoms with Crippen molar-refractivity contribution in [3.63, 3.8) is 0 Å². The Morgan fingerprint density at radius 3 is 2.14 bits per heavy atom. The lowest BCUT2D eigenvalue weighted by Crippen LogP contribution is -2.11. The van der Waals surface area contributed by atoms with Crippen LogP contribution in [0.1, 0.15) is 32.8 Å². The van der Waals surface area contributed by atoms with Crippen LogP contribution in [0.2, 0.25) is 0 Å². The van der Waals surface area contributed by atoms with Crippen LogP contribution in [0.4, 0.5) is 0 Å². The van der Waals surface area contributed by atoms with Gasteiger partial charge in [-0.1, -0.05) is 26.0 Å². The maximum Gasteiger partial charge on any atom is 0.303 e. The molecule has 0 heterocycles. The first kappa shape index (κ1) is 19.0. The smallest absolute Gasteiger partial charge is 0.303 e. The summed E-state index contributed by atoms with van der Waals surface area (Å²) in [7, 11) is 1.60. The third-order valence-corrected chi connectivity index (χ3v) is 2.49. The standard InChI is InChI=1S/C13H18O3.C3H7NO/c1-10(2)9-16-12-6-3-11(4-7-12)5-8-13(14)15;1-3(5)4-2/h3-4,6-7,10H,5,8-9H2,1-2H3,(H,14,15);1-2H3,(H,4,5). The second kappa shape index (κ2) is 10.7. The molecule has 118 valence electrons. The first-order valence-corrected chi connectivity index (χ1v) is 6.97. The van der Waals surface area contributed by atoms with Crippen LogP contribution in [0.25, 0.3) is 0 Å². The normalized spacial score (nSPS) is 9.57. The summed E-state index contributed by atoms with van der Waals surface area (Å²) in [5.74, 6) is 0.588. The van der Waals surface area contributed by atoms with Crippen molar-refractivity contribution in [2.45, 2.75) is 33.6 Å². The van der Waals surface area contributed by atoms with Gasteiger partial charge >= 0.3 is 5.97 Å². The second-order valence-corrected chi connectivity index (χ2v) is 5.05. The van der Waals surface area contributed by atoms with Gasteiger partial charge in [-0.15, -0.1) is 0 Å². The van der Waals surface area contributed by atoms with Gasteiger partial charge in [-0.3, -0.25) is 9.59 Å². The maximum absolute atomic E-state index is 10.4. The third kappa shape index (κ3) is 11.5. The number of carbonyl (C=O) groups is 2.